The molecule has 0 unspecified atom stereocenters. The lowest BCUT2D eigenvalue weighted by Gasteiger charge is -2.24. The third-order valence-electron chi connectivity index (χ3n) is 2.77. The van der Waals surface area contributed by atoms with E-state index in [1.807, 2.05) is 0 Å². The molecule has 1 aliphatic heterocycles. The van der Waals surface area contributed by atoms with Crippen LogP contribution in [-0.2, 0) is 14.4 Å². The zero-order valence-electron chi connectivity index (χ0n) is 10.8. The maximum Gasteiger partial charge on any atom is 0.237 e. The monoisotopic (exact) mass is 288 g/mol. The Balaban J connectivity index is 2.41. The number of nitrogens with zero attached hydrogens (tertiary/aromatic N) is 1. The van der Waals surface area contributed by atoms with Crippen LogP contribution in [0.25, 0.3) is 0 Å². The Morgan fingerprint density at radius 1 is 1.11 bits per heavy atom. The van der Waals surface area contributed by atoms with Crippen LogP contribution in [0.3, 0.4) is 0 Å². The highest BCUT2D eigenvalue weighted by Gasteiger charge is 2.20. The smallest absolute Gasteiger partial charge is 0.237 e. The lowest BCUT2D eigenvalue weighted by atomic mass is 10.2. The number of amides is 3. The minimum absolute atomic E-state index is 0.241. The van der Waals surface area contributed by atoms with Crippen molar-refractivity contribution in [3.8, 4) is 0 Å². The highest BCUT2D eigenvalue weighted by molar-refractivity contribution is 8.00. The summed E-state index contributed by atoms with van der Waals surface area (Å²) in [6.07, 6.45) is 2.03. The number of rotatable bonds is 7. The molecule has 0 aromatic rings. The van der Waals surface area contributed by atoms with Gasteiger partial charge in [-0.05, 0) is 25.9 Å². The van der Waals surface area contributed by atoms with Gasteiger partial charge >= 0.3 is 0 Å². The first-order chi connectivity index (χ1) is 8.99. The predicted octanol–water partition coefficient (Wildman–Crippen LogP) is -1.73. The van der Waals surface area contributed by atoms with Crippen LogP contribution in [0.1, 0.15) is 12.8 Å². The average Bonchev–Trinajstić information content (AvgIpc) is 2.35. The van der Waals surface area contributed by atoms with Crippen LogP contribution >= 0.6 is 11.8 Å². The summed E-state index contributed by atoms with van der Waals surface area (Å²) in [5, 5.41) is 3.69. The molecular weight excluding hydrogens is 268 g/mol. The lowest BCUT2D eigenvalue weighted by Crippen LogP contribution is -2.44. The Morgan fingerprint density at radius 2 is 1.63 bits per heavy atom. The van der Waals surface area contributed by atoms with Crippen LogP contribution in [0.2, 0.25) is 0 Å². The molecule has 8 heteroatoms. The van der Waals surface area contributed by atoms with Gasteiger partial charge < -0.3 is 21.7 Å². The van der Waals surface area contributed by atoms with Crippen molar-refractivity contribution in [2.75, 3.05) is 31.9 Å². The summed E-state index contributed by atoms with van der Waals surface area (Å²) >= 11 is 1.55. The van der Waals surface area contributed by atoms with Gasteiger partial charge in [0.2, 0.25) is 17.7 Å². The number of nitrogens with two attached hydrogens (primary N) is 2. The molecule has 1 aliphatic rings. The molecule has 1 saturated heterocycles. The third kappa shape index (κ3) is 6.44. The van der Waals surface area contributed by atoms with Gasteiger partial charge in [0.15, 0.2) is 0 Å². The molecular formula is C11H20N4O3S. The number of hydrogen-bond donors (Lipinski definition) is 3. The van der Waals surface area contributed by atoms with E-state index in [-0.39, 0.29) is 24.7 Å². The van der Waals surface area contributed by atoms with Crippen molar-refractivity contribution in [1.82, 2.24) is 10.2 Å². The van der Waals surface area contributed by atoms with E-state index in [1.54, 1.807) is 11.8 Å². The van der Waals surface area contributed by atoms with E-state index in [4.69, 9.17) is 11.5 Å². The standard InChI is InChI=1S/C11H20N4O3S/c12-9(16)5-15(6-10(13)17)11(18)7-19-8-1-3-14-4-2-8/h8,14H,1-7H2,(H2,12,16)(H2,13,17). The van der Waals surface area contributed by atoms with Gasteiger partial charge in [-0.25, -0.2) is 0 Å². The zero-order valence-corrected chi connectivity index (χ0v) is 11.6. The van der Waals surface area contributed by atoms with Crippen LogP contribution < -0.4 is 16.8 Å². The maximum atomic E-state index is 11.9. The van der Waals surface area contributed by atoms with E-state index in [1.165, 1.54) is 0 Å². The fourth-order valence-corrected chi connectivity index (χ4v) is 2.98. The number of thioether (sulfide) groups is 1. The van der Waals surface area contributed by atoms with Crippen LogP contribution in [-0.4, -0.2) is 59.8 Å². The van der Waals surface area contributed by atoms with Crippen molar-refractivity contribution in [2.45, 2.75) is 18.1 Å². The maximum absolute atomic E-state index is 11.9. The number of piperidine rings is 1. The Bertz CT molecular complexity index is 329. The van der Waals surface area contributed by atoms with Crippen molar-refractivity contribution in [3.05, 3.63) is 0 Å². The zero-order chi connectivity index (χ0) is 14.3. The van der Waals surface area contributed by atoms with Crippen LogP contribution in [0.5, 0.6) is 0 Å². The molecule has 1 heterocycles. The van der Waals surface area contributed by atoms with Crippen LogP contribution in [0.4, 0.5) is 0 Å². The van der Waals surface area contributed by atoms with E-state index in [2.05, 4.69) is 5.32 Å². The van der Waals surface area contributed by atoms with Crippen molar-refractivity contribution >= 4 is 29.5 Å². The highest BCUT2D eigenvalue weighted by Crippen LogP contribution is 2.20. The topological polar surface area (TPSA) is 119 Å². The molecule has 0 aromatic carbocycles. The van der Waals surface area contributed by atoms with E-state index in [0.29, 0.717) is 5.25 Å². The van der Waals surface area contributed by atoms with Crippen molar-refractivity contribution in [1.29, 1.82) is 0 Å². The molecule has 1 rings (SSSR count). The summed E-state index contributed by atoms with van der Waals surface area (Å²) in [7, 11) is 0. The fraction of sp³-hybridized carbons (Fsp3) is 0.727. The average molecular weight is 288 g/mol. The molecule has 0 spiro atoms. The summed E-state index contributed by atoms with van der Waals surface area (Å²) in [6.45, 7) is 1.37. The molecule has 7 nitrogen and oxygen atoms in total. The number of carbonyl (C=O) groups excluding carboxylic acids is 3. The third-order valence-corrected chi connectivity index (χ3v) is 4.13. The Hall–Kier alpha value is -1.28. The largest absolute Gasteiger partial charge is 0.368 e. The fourth-order valence-electron chi connectivity index (χ4n) is 1.85. The molecule has 3 amide bonds. The predicted molar refractivity (Wildman–Crippen MR) is 73.3 cm³/mol. The second-order valence-corrected chi connectivity index (χ2v) is 5.73. The first kappa shape index (κ1) is 15.8. The van der Waals surface area contributed by atoms with Crippen LogP contribution in [0.15, 0.2) is 0 Å². The van der Waals surface area contributed by atoms with Crippen molar-refractivity contribution < 1.29 is 14.4 Å². The van der Waals surface area contributed by atoms with Gasteiger partial charge in [-0.1, -0.05) is 0 Å². The van der Waals surface area contributed by atoms with Crippen molar-refractivity contribution in [2.24, 2.45) is 11.5 Å². The van der Waals surface area contributed by atoms with Gasteiger partial charge in [-0.3, -0.25) is 14.4 Å². The number of hydrogen-bond acceptors (Lipinski definition) is 5. The molecule has 5 N–H and O–H groups in total. The van der Waals surface area contributed by atoms with E-state index in [0.717, 1.165) is 30.8 Å². The SMILES string of the molecule is NC(=O)CN(CC(N)=O)C(=O)CSC1CCNCC1. The number of carbonyl (C=O) groups is 3. The van der Waals surface area contributed by atoms with Gasteiger partial charge in [0.05, 0.1) is 18.8 Å². The van der Waals surface area contributed by atoms with Gasteiger partial charge in [0.1, 0.15) is 0 Å². The molecule has 108 valence electrons. The summed E-state index contributed by atoms with van der Waals surface area (Å²) < 4.78 is 0. The van der Waals surface area contributed by atoms with Gasteiger partial charge in [-0.15, -0.1) is 11.8 Å². The summed E-state index contributed by atoms with van der Waals surface area (Å²) in [5.74, 6) is -1.34. The molecule has 0 aliphatic carbocycles. The van der Waals surface area contributed by atoms with Gasteiger partial charge in [0, 0.05) is 5.25 Å². The minimum atomic E-state index is -0.651. The molecule has 0 atom stereocenters. The lowest BCUT2D eigenvalue weighted by molar-refractivity contribution is -0.136. The second-order valence-electron chi connectivity index (χ2n) is 4.44. The Labute approximate surface area is 116 Å². The number of nitrogens with one attached hydrogen (secondary N) is 1. The van der Waals surface area contributed by atoms with E-state index in [9.17, 15) is 14.4 Å². The van der Waals surface area contributed by atoms with Gasteiger partial charge in [0.25, 0.3) is 0 Å². The summed E-state index contributed by atoms with van der Waals surface area (Å²) in [5.41, 5.74) is 10.1. The summed E-state index contributed by atoms with van der Waals surface area (Å²) in [4.78, 5) is 34.8. The van der Waals surface area contributed by atoms with E-state index < -0.39 is 11.8 Å². The molecule has 0 radical (unpaired) electrons. The molecule has 19 heavy (non-hydrogen) atoms. The minimum Gasteiger partial charge on any atom is -0.368 e. The first-order valence-electron chi connectivity index (χ1n) is 6.15. The quantitative estimate of drug-likeness (QED) is 0.514. The first-order valence-corrected chi connectivity index (χ1v) is 7.20. The second kappa shape index (κ2) is 8.00. The Morgan fingerprint density at radius 3 is 2.11 bits per heavy atom. The highest BCUT2D eigenvalue weighted by atomic mass is 32.2. The number of primary amides is 2. The Kier molecular flexibility index (Phi) is 6.65. The summed E-state index contributed by atoms with van der Waals surface area (Å²) in [6, 6.07) is 0. The van der Waals surface area contributed by atoms with Crippen molar-refractivity contribution in [3.63, 3.8) is 0 Å². The molecule has 0 bridgehead atoms. The van der Waals surface area contributed by atoms with Gasteiger partial charge in [-0.2, -0.15) is 0 Å². The molecule has 1 fully saturated rings. The van der Waals surface area contributed by atoms with Crippen LogP contribution in [0, 0.1) is 0 Å². The molecule has 0 saturated carbocycles. The van der Waals surface area contributed by atoms with E-state index >= 15 is 0 Å². The molecule has 0 aromatic heterocycles. The normalized spacial score (nSPS) is 16.0.